The fourth-order valence-electron chi connectivity index (χ4n) is 2.65. The average Bonchev–Trinajstić information content (AvgIpc) is 2.85. The molecule has 3 rings (SSSR count). The molecule has 1 N–H and O–H groups in total. The van der Waals surface area contributed by atoms with E-state index in [4.69, 9.17) is 0 Å². The third-order valence-corrected chi connectivity index (χ3v) is 3.40. The molecule has 1 aliphatic rings. The smallest absolute Gasteiger partial charge is 0.0258 e. The minimum atomic E-state index is 0.787. The van der Waals surface area contributed by atoms with E-state index in [1.54, 1.807) is 0 Å². The molecule has 1 aromatic carbocycles. The Kier molecular flexibility index (Phi) is 1.83. The van der Waals surface area contributed by atoms with Gasteiger partial charge >= 0.3 is 0 Å². The van der Waals surface area contributed by atoms with E-state index in [0.29, 0.717) is 0 Å². The van der Waals surface area contributed by atoms with Gasteiger partial charge in [0, 0.05) is 17.3 Å². The summed E-state index contributed by atoms with van der Waals surface area (Å²) in [5, 5.41) is 2.79. The van der Waals surface area contributed by atoms with Crippen molar-refractivity contribution in [3.05, 3.63) is 36.2 Å². The molecule has 0 atom stereocenters. The van der Waals surface area contributed by atoms with Crippen molar-refractivity contribution in [2.24, 2.45) is 0 Å². The number of hydrogen-bond acceptors (Lipinski definition) is 0. The SMILES string of the molecule is c1ccc2c(C3CCCC3)[nH]cc2c1. The van der Waals surface area contributed by atoms with Gasteiger partial charge in [0.25, 0.3) is 0 Å². The van der Waals surface area contributed by atoms with E-state index in [0.717, 1.165) is 5.92 Å². The molecule has 1 saturated carbocycles. The van der Waals surface area contributed by atoms with Crippen molar-refractivity contribution in [2.45, 2.75) is 31.6 Å². The van der Waals surface area contributed by atoms with Crippen LogP contribution in [0.2, 0.25) is 0 Å². The van der Waals surface area contributed by atoms with Crippen molar-refractivity contribution in [3.63, 3.8) is 0 Å². The predicted molar refractivity (Wildman–Crippen MR) is 59.5 cm³/mol. The Labute approximate surface area is 84.1 Å². The zero-order chi connectivity index (χ0) is 9.38. The third-order valence-electron chi connectivity index (χ3n) is 3.40. The zero-order valence-corrected chi connectivity index (χ0v) is 8.29. The van der Waals surface area contributed by atoms with Crippen LogP contribution in [0.1, 0.15) is 37.3 Å². The third kappa shape index (κ3) is 1.16. The fraction of sp³-hybridized carbons (Fsp3) is 0.385. The molecule has 72 valence electrons. The second kappa shape index (κ2) is 3.16. The first-order chi connectivity index (χ1) is 6.95. The molecule has 0 radical (unpaired) electrons. The van der Waals surface area contributed by atoms with E-state index in [9.17, 15) is 0 Å². The Balaban J connectivity index is 2.11. The highest BCUT2D eigenvalue weighted by Gasteiger charge is 2.19. The minimum absolute atomic E-state index is 0.787. The van der Waals surface area contributed by atoms with Crippen LogP contribution < -0.4 is 0 Å². The topological polar surface area (TPSA) is 15.8 Å². The number of aromatic amines is 1. The summed E-state index contributed by atoms with van der Waals surface area (Å²) in [6.07, 6.45) is 7.67. The van der Waals surface area contributed by atoms with Gasteiger partial charge in [0.05, 0.1) is 0 Å². The number of benzene rings is 1. The first kappa shape index (κ1) is 8.10. The molecule has 0 amide bonds. The van der Waals surface area contributed by atoms with Gasteiger partial charge in [-0.25, -0.2) is 0 Å². The summed E-state index contributed by atoms with van der Waals surface area (Å²) in [6, 6.07) is 8.66. The first-order valence-electron chi connectivity index (χ1n) is 5.51. The van der Waals surface area contributed by atoms with Gasteiger partial charge in [-0.15, -0.1) is 0 Å². The molecule has 0 aliphatic heterocycles. The van der Waals surface area contributed by atoms with Gasteiger partial charge in [-0.05, 0) is 24.1 Å². The Bertz CT molecular complexity index is 435. The molecule has 1 heteroatoms. The molecule has 1 aromatic heterocycles. The van der Waals surface area contributed by atoms with Crippen molar-refractivity contribution >= 4 is 10.8 Å². The molecule has 1 aliphatic carbocycles. The molecule has 1 heterocycles. The van der Waals surface area contributed by atoms with E-state index in [-0.39, 0.29) is 0 Å². The van der Waals surface area contributed by atoms with Crippen molar-refractivity contribution < 1.29 is 0 Å². The van der Waals surface area contributed by atoms with Gasteiger partial charge in [0.1, 0.15) is 0 Å². The molecule has 0 spiro atoms. The zero-order valence-electron chi connectivity index (χ0n) is 8.29. The highest BCUT2D eigenvalue weighted by molar-refractivity contribution is 5.85. The first-order valence-corrected chi connectivity index (χ1v) is 5.51. The lowest BCUT2D eigenvalue weighted by atomic mass is 10.0. The molecule has 1 nitrogen and oxygen atoms in total. The van der Waals surface area contributed by atoms with E-state index >= 15 is 0 Å². The standard InChI is InChI=1S/C13H15N/c1-2-6-10(5-1)13-12-8-4-3-7-11(12)9-14-13/h3-4,7-10,14H,1-2,5-6H2. The maximum atomic E-state index is 3.46. The highest BCUT2D eigenvalue weighted by Crippen LogP contribution is 2.36. The summed E-state index contributed by atoms with van der Waals surface area (Å²) in [7, 11) is 0. The van der Waals surface area contributed by atoms with Crippen LogP contribution in [-0.4, -0.2) is 4.98 Å². The molecule has 1 fully saturated rings. The monoisotopic (exact) mass is 185 g/mol. The van der Waals surface area contributed by atoms with Gasteiger partial charge in [-0.1, -0.05) is 37.1 Å². The second-order valence-corrected chi connectivity index (χ2v) is 4.27. The van der Waals surface area contributed by atoms with Crippen molar-refractivity contribution in [1.29, 1.82) is 0 Å². The fourth-order valence-corrected chi connectivity index (χ4v) is 2.65. The highest BCUT2D eigenvalue weighted by atomic mass is 14.7. The normalized spacial score (nSPS) is 18.0. The Hall–Kier alpha value is -1.24. The summed E-state index contributed by atoms with van der Waals surface area (Å²) in [6.45, 7) is 0. The lowest BCUT2D eigenvalue weighted by Gasteiger charge is -2.06. The van der Waals surface area contributed by atoms with Gasteiger partial charge in [-0.2, -0.15) is 0 Å². The maximum absolute atomic E-state index is 3.46. The largest absolute Gasteiger partial charge is 0.364 e. The van der Waals surface area contributed by atoms with Gasteiger partial charge < -0.3 is 4.98 Å². The van der Waals surface area contributed by atoms with E-state index in [1.165, 1.54) is 42.1 Å². The van der Waals surface area contributed by atoms with Crippen molar-refractivity contribution in [3.8, 4) is 0 Å². The minimum Gasteiger partial charge on any atom is -0.364 e. The lowest BCUT2D eigenvalue weighted by Crippen LogP contribution is -1.92. The molecule has 0 unspecified atom stereocenters. The molecular formula is C13H15N. The van der Waals surface area contributed by atoms with E-state index < -0.39 is 0 Å². The molecule has 0 bridgehead atoms. The van der Waals surface area contributed by atoms with Crippen LogP contribution in [0.4, 0.5) is 0 Å². The Morgan fingerprint density at radius 3 is 2.71 bits per heavy atom. The number of aromatic nitrogens is 1. The average molecular weight is 185 g/mol. The summed E-state index contributed by atoms with van der Waals surface area (Å²) >= 11 is 0. The second-order valence-electron chi connectivity index (χ2n) is 4.27. The number of nitrogens with one attached hydrogen (secondary N) is 1. The summed E-state index contributed by atoms with van der Waals surface area (Å²) in [5.41, 5.74) is 1.47. The lowest BCUT2D eigenvalue weighted by molar-refractivity contribution is 0.708. The van der Waals surface area contributed by atoms with Gasteiger partial charge in [0.15, 0.2) is 0 Å². The summed E-state index contributed by atoms with van der Waals surface area (Å²) in [5.74, 6) is 0.787. The van der Waals surface area contributed by atoms with Crippen LogP contribution in [0.25, 0.3) is 10.8 Å². The van der Waals surface area contributed by atoms with Crippen molar-refractivity contribution in [1.82, 2.24) is 4.98 Å². The number of hydrogen-bond donors (Lipinski definition) is 1. The van der Waals surface area contributed by atoms with Crippen LogP contribution in [-0.2, 0) is 0 Å². The van der Waals surface area contributed by atoms with Gasteiger partial charge in [-0.3, -0.25) is 0 Å². The van der Waals surface area contributed by atoms with Crippen LogP contribution in [0, 0.1) is 0 Å². The summed E-state index contributed by atoms with van der Waals surface area (Å²) in [4.78, 5) is 3.46. The van der Waals surface area contributed by atoms with Crippen molar-refractivity contribution in [2.75, 3.05) is 0 Å². The predicted octanol–water partition coefficient (Wildman–Crippen LogP) is 3.83. The molecule has 14 heavy (non-hydrogen) atoms. The molecule has 0 saturated heterocycles. The number of fused-ring (bicyclic) bond motifs is 1. The van der Waals surface area contributed by atoms with E-state index in [2.05, 4.69) is 35.4 Å². The van der Waals surface area contributed by atoms with Gasteiger partial charge in [0.2, 0.25) is 0 Å². The maximum Gasteiger partial charge on any atom is 0.0258 e. The molecular weight excluding hydrogens is 170 g/mol. The van der Waals surface area contributed by atoms with Crippen LogP contribution in [0.5, 0.6) is 0 Å². The van der Waals surface area contributed by atoms with Crippen LogP contribution in [0.15, 0.2) is 30.5 Å². The Morgan fingerprint density at radius 2 is 1.86 bits per heavy atom. The van der Waals surface area contributed by atoms with Crippen LogP contribution in [0.3, 0.4) is 0 Å². The quantitative estimate of drug-likeness (QED) is 0.695. The van der Waals surface area contributed by atoms with E-state index in [1.807, 2.05) is 0 Å². The van der Waals surface area contributed by atoms with Crippen LogP contribution >= 0.6 is 0 Å². The molecule has 2 aromatic rings. The summed E-state index contributed by atoms with van der Waals surface area (Å²) < 4.78 is 0. The Morgan fingerprint density at radius 1 is 1.07 bits per heavy atom. The number of H-pyrrole nitrogens is 1. The number of rotatable bonds is 1.